The van der Waals surface area contributed by atoms with Gasteiger partial charge in [0.2, 0.25) is 0 Å². The Morgan fingerprint density at radius 3 is 2.52 bits per heavy atom. The van der Waals surface area contributed by atoms with E-state index in [9.17, 15) is 4.79 Å². The normalized spacial score (nSPS) is 10.8. The summed E-state index contributed by atoms with van der Waals surface area (Å²) in [5.74, 6) is 0.365. The number of primary amides is 1. The molecular formula is C19H22N4O2. The topological polar surface area (TPSA) is 85.9 Å². The maximum atomic E-state index is 12.1. The Kier molecular flexibility index (Phi) is 4.61. The first-order chi connectivity index (χ1) is 12.0. The van der Waals surface area contributed by atoms with Gasteiger partial charge in [-0.3, -0.25) is 4.79 Å². The van der Waals surface area contributed by atoms with Crippen molar-refractivity contribution in [2.75, 3.05) is 7.11 Å². The molecule has 0 spiro atoms. The van der Waals surface area contributed by atoms with Gasteiger partial charge < -0.3 is 20.0 Å². The summed E-state index contributed by atoms with van der Waals surface area (Å²) in [7, 11) is 1.63. The van der Waals surface area contributed by atoms with Crippen LogP contribution in [0.5, 0.6) is 5.75 Å². The van der Waals surface area contributed by atoms with E-state index in [1.165, 1.54) is 0 Å². The summed E-state index contributed by atoms with van der Waals surface area (Å²) in [6.07, 6.45) is 4.28. The fourth-order valence-electron chi connectivity index (χ4n) is 3.28. The van der Waals surface area contributed by atoms with E-state index < -0.39 is 5.91 Å². The fraction of sp³-hybridized carbons (Fsp3) is 0.263. The molecule has 0 saturated carbocycles. The highest BCUT2D eigenvalue weighted by molar-refractivity contribution is 6.02. The summed E-state index contributed by atoms with van der Waals surface area (Å²) < 4.78 is 7.35. The summed E-state index contributed by atoms with van der Waals surface area (Å²) in [6.45, 7) is 4.70. The highest BCUT2D eigenvalue weighted by Gasteiger charge is 2.22. The third-order valence-corrected chi connectivity index (χ3v) is 4.57. The number of carbonyl (C=O) groups excluding carboxylic acids is 1. The first-order valence-electron chi connectivity index (χ1n) is 8.14. The molecule has 130 valence electrons. The van der Waals surface area contributed by atoms with Crippen molar-refractivity contribution in [2.24, 2.45) is 5.73 Å². The number of aromatic nitrogens is 3. The molecule has 0 radical (unpaired) electrons. The van der Waals surface area contributed by atoms with Gasteiger partial charge in [-0.1, -0.05) is 12.1 Å². The van der Waals surface area contributed by atoms with Gasteiger partial charge in [-0.15, -0.1) is 0 Å². The van der Waals surface area contributed by atoms with Crippen molar-refractivity contribution in [2.45, 2.75) is 26.8 Å². The van der Waals surface area contributed by atoms with Crippen LogP contribution < -0.4 is 10.5 Å². The van der Waals surface area contributed by atoms with Gasteiger partial charge >= 0.3 is 0 Å². The van der Waals surface area contributed by atoms with E-state index >= 15 is 0 Å². The van der Waals surface area contributed by atoms with E-state index in [0.29, 0.717) is 5.56 Å². The quantitative estimate of drug-likeness (QED) is 0.724. The molecule has 0 aliphatic carbocycles. The number of aromatic amines is 1. The summed E-state index contributed by atoms with van der Waals surface area (Å²) >= 11 is 0. The number of rotatable bonds is 6. The van der Waals surface area contributed by atoms with Crippen molar-refractivity contribution in [3.63, 3.8) is 0 Å². The van der Waals surface area contributed by atoms with Crippen LogP contribution in [0.25, 0.3) is 11.1 Å². The van der Waals surface area contributed by atoms with E-state index in [1.54, 1.807) is 13.4 Å². The number of hydrogen-bond acceptors (Lipinski definition) is 3. The standard InChI is InChI=1S/C19H22N4O2/c1-12-17(14-4-6-16(25-3)7-5-14)18(19(20)24)13(2)23(12)9-8-15-10-21-11-22-15/h4-7,10-11H,8-9H2,1-3H3,(H2,20,24)(H,21,22). The molecule has 0 fully saturated rings. The minimum Gasteiger partial charge on any atom is -0.497 e. The average molecular weight is 338 g/mol. The molecule has 1 aromatic carbocycles. The smallest absolute Gasteiger partial charge is 0.251 e. The van der Waals surface area contributed by atoms with Crippen LogP contribution in [0.15, 0.2) is 36.8 Å². The number of imidazole rings is 1. The highest BCUT2D eigenvalue weighted by Crippen LogP contribution is 2.33. The predicted molar refractivity (Wildman–Crippen MR) is 96.7 cm³/mol. The molecule has 6 heteroatoms. The average Bonchev–Trinajstić information content (AvgIpc) is 3.20. The lowest BCUT2D eigenvalue weighted by molar-refractivity contribution is 0.1000. The Labute approximate surface area is 146 Å². The number of nitrogens with one attached hydrogen (secondary N) is 1. The Morgan fingerprint density at radius 2 is 1.96 bits per heavy atom. The second-order valence-electron chi connectivity index (χ2n) is 5.99. The van der Waals surface area contributed by atoms with Gasteiger partial charge in [0.05, 0.1) is 19.0 Å². The van der Waals surface area contributed by atoms with Crippen molar-refractivity contribution < 1.29 is 9.53 Å². The van der Waals surface area contributed by atoms with Gasteiger partial charge in [0, 0.05) is 41.8 Å². The lowest BCUT2D eigenvalue weighted by Crippen LogP contribution is -2.14. The van der Waals surface area contributed by atoms with E-state index in [-0.39, 0.29) is 0 Å². The number of nitrogens with zero attached hydrogens (tertiary/aromatic N) is 2. The molecule has 6 nitrogen and oxygen atoms in total. The summed E-state index contributed by atoms with van der Waals surface area (Å²) in [4.78, 5) is 19.3. The number of methoxy groups -OCH3 is 1. The Morgan fingerprint density at radius 1 is 1.24 bits per heavy atom. The largest absolute Gasteiger partial charge is 0.497 e. The minimum absolute atomic E-state index is 0.410. The minimum atomic E-state index is -0.410. The number of nitrogens with two attached hydrogens (primary N) is 1. The van der Waals surface area contributed by atoms with Gasteiger partial charge in [-0.25, -0.2) is 4.98 Å². The Bertz CT molecular complexity index is 877. The van der Waals surface area contributed by atoms with Gasteiger partial charge in [-0.05, 0) is 31.5 Å². The summed E-state index contributed by atoms with van der Waals surface area (Å²) in [5, 5.41) is 0. The van der Waals surface area contributed by atoms with Crippen molar-refractivity contribution in [1.29, 1.82) is 0 Å². The zero-order valence-corrected chi connectivity index (χ0v) is 14.7. The Balaban J connectivity index is 2.04. The van der Waals surface area contributed by atoms with Gasteiger partial charge in [-0.2, -0.15) is 0 Å². The number of H-pyrrole nitrogens is 1. The third kappa shape index (κ3) is 3.15. The molecule has 2 heterocycles. The van der Waals surface area contributed by atoms with Crippen LogP contribution in [0.1, 0.15) is 27.4 Å². The maximum Gasteiger partial charge on any atom is 0.251 e. The first kappa shape index (κ1) is 16.8. The van der Waals surface area contributed by atoms with E-state index in [0.717, 1.165) is 46.9 Å². The van der Waals surface area contributed by atoms with Gasteiger partial charge in [0.1, 0.15) is 5.75 Å². The number of aryl methyl sites for hydroxylation is 1. The van der Waals surface area contributed by atoms with Crippen LogP contribution in [0.2, 0.25) is 0 Å². The van der Waals surface area contributed by atoms with Crippen LogP contribution in [0.4, 0.5) is 0 Å². The molecule has 1 amide bonds. The van der Waals surface area contributed by atoms with Crippen LogP contribution in [0, 0.1) is 13.8 Å². The monoisotopic (exact) mass is 338 g/mol. The second kappa shape index (κ2) is 6.84. The maximum absolute atomic E-state index is 12.1. The summed E-state index contributed by atoms with van der Waals surface area (Å²) in [5.41, 5.74) is 11.1. The van der Waals surface area contributed by atoms with Crippen LogP contribution in [0.3, 0.4) is 0 Å². The molecule has 3 N–H and O–H groups in total. The van der Waals surface area contributed by atoms with Crippen molar-refractivity contribution in [3.8, 4) is 16.9 Å². The molecule has 2 aromatic heterocycles. The molecule has 0 aliphatic rings. The third-order valence-electron chi connectivity index (χ3n) is 4.57. The number of ether oxygens (including phenoxy) is 1. The SMILES string of the molecule is COc1ccc(-c2c(C(N)=O)c(C)n(CCc3cnc[nH]3)c2C)cc1. The fourth-order valence-corrected chi connectivity index (χ4v) is 3.28. The lowest BCUT2D eigenvalue weighted by atomic mass is 10.00. The number of hydrogen-bond donors (Lipinski definition) is 2. The molecule has 3 aromatic rings. The van der Waals surface area contributed by atoms with E-state index in [1.807, 2.05) is 44.3 Å². The second-order valence-corrected chi connectivity index (χ2v) is 5.99. The molecule has 0 unspecified atom stereocenters. The Hall–Kier alpha value is -3.02. The molecular weight excluding hydrogens is 316 g/mol. The molecule has 0 saturated heterocycles. The van der Waals surface area contributed by atoms with Crippen molar-refractivity contribution in [1.82, 2.24) is 14.5 Å². The number of benzene rings is 1. The molecule has 0 atom stereocenters. The molecule has 0 aliphatic heterocycles. The summed E-state index contributed by atoms with van der Waals surface area (Å²) in [6, 6.07) is 7.67. The number of amides is 1. The number of carbonyl (C=O) groups is 1. The molecule has 3 rings (SSSR count). The van der Waals surface area contributed by atoms with E-state index in [4.69, 9.17) is 10.5 Å². The van der Waals surface area contributed by atoms with E-state index in [2.05, 4.69) is 14.5 Å². The van der Waals surface area contributed by atoms with Gasteiger partial charge in [0.15, 0.2) is 0 Å². The first-order valence-corrected chi connectivity index (χ1v) is 8.14. The van der Waals surface area contributed by atoms with Gasteiger partial charge in [0.25, 0.3) is 5.91 Å². The van der Waals surface area contributed by atoms with Crippen LogP contribution >= 0.6 is 0 Å². The van der Waals surface area contributed by atoms with Crippen molar-refractivity contribution in [3.05, 3.63) is 59.4 Å². The van der Waals surface area contributed by atoms with Crippen molar-refractivity contribution >= 4 is 5.91 Å². The predicted octanol–water partition coefficient (Wildman–Crippen LogP) is 2.85. The zero-order valence-electron chi connectivity index (χ0n) is 14.7. The highest BCUT2D eigenvalue weighted by atomic mass is 16.5. The lowest BCUT2D eigenvalue weighted by Gasteiger charge is -2.09. The van der Waals surface area contributed by atoms with Crippen LogP contribution in [-0.2, 0) is 13.0 Å². The zero-order chi connectivity index (χ0) is 18.0. The molecule has 0 bridgehead atoms. The van der Waals surface area contributed by atoms with Crippen LogP contribution in [-0.4, -0.2) is 27.6 Å². The molecule has 25 heavy (non-hydrogen) atoms.